The van der Waals surface area contributed by atoms with Gasteiger partial charge in [0.15, 0.2) is 0 Å². The summed E-state index contributed by atoms with van der Waals surface area (Å²) in [6, 6.07) is 22.6. The SMILES string of the molecule is C[Se][P@@](C)(=O)O[C@H]1C[C@H](n2cc(C)c(=O)[nH]c2=O)O[C@@H]1COC1(c2ccccc2)c2ccccc2Oc2ccccc21. The zero-order valence-corrected chi connectivity index (χ0v) is 26.0. The van der Waals surface area contributed by atoms with Crippen molar-refractivity contribution in [3.63, 3.8) is 0 Å². The van der Waals surface area contributed by atoms with E-state index in [1.54, 1.807) is 13.6 Å². The van der Waals surface area contributed by atoms with Crippen molar-refractivity contribution in [1.29, 1.82) is 0 Å². The number of aromatic amines is 1. The first kappa shape index (κ1) is 28.9. The number of H-pyrrole nitrogens is 1. The summed E-state index contributed by atoms with van der Waals surface area (Å²) in [6.45, 7) is 3.32. The van der Waals surface area contributed by atoms with Gasteiger partial charge in [-0.15, -0.1) is 0 Å². The second-order valence-corrected chi connectivity index (χ2v) is 19.0. The maximum atomic E-state index is 13.2. The Labute approximate surface area is 249 Å². The summed E-state index contributed by atoms with van der Waals surface area (Å²) in [5.74, 6) is 3.24. The normalized spacial score (nSPS) is 22.0. The average Bonchev–Trinajstić information content (AvgIpc) is 3.39. The fraction of sp³-hybridized carbons (Fsp3) is 0.290. The number of fused-ring (bicyclic) bond motifs is 2. The number of para-hydroxylation sites is 2. The van der Waals surface area contributed by atoms with E-state index in [4.69, 9.17) is 18.7 Å². The van der Waals surface area contributed by atoms with Crippen LogP contribution in [0.5, 0.6) is 11.5 Å². The van der Waals surface area contributed by atoms with E-state index in [1.807, 2.05) is 84.7 Å². The summed E-state index contributed by atoms with van der Waals surface area (Å²) in [7, 11) is 0. The third-order valence-corrected chi connectivity index (χ3v) is 13.7. The number of nitrogens with zero attached hydrogens (tertiary/aromatic N) is 1. The van der Waals surface area contributed by atoms with Crippen molar-refractivity contribution in [2.45, 2.75) is 43.2 Å². The number of benzene rings is 3. The molecule has 4 aromatic rings. The van der Waals surface area contributed by atoms with E-state index in [9.17, 15) is 14.2 Å². The van der Waals surface area contributed by atoms with Crippen molar-refractivity contribution in [1.82, 2.24) is 9.55 Å². The van der Waals surface area contributed by atoms with E-state index in [2.05, 4.69) is 4.98 Å². The van der Waals surface area contributed by atoms with Crippen molar-refractivity contribution in [3.05, 3.63) is 128 Å². The third kappa shape index (κ3) is 5.24. The summed E-state index contributed by atoms with van der Waals surface area (Å²) in [6.07, 6.45) is -0.254. The number of ether oxygens (including phenoxy) is 3. The molecule has 1 aromatic heterocycles. The van der Waals surface area contributed by atoms with Crippen molar-refractivity contribution in [3.8, 4) is 11.5 Å². The zero-order valence-electron chi connectivity index (χ0n) is 23.4. The summed E-state index contributed by atoms with van der Waals surface area (Å²) in [5, 5.41) is 0. The van der Waals surface area contributed by atoms with Crippen LogP contribution in [0.4, 0.5) is 0 Å². The standard InChI is InChI=1S/C31H31N2O7PSe/c1-20-18-33(30(35)32-29(20)34)28-17-26(40-41(2,36)42-3)27(39-28)19-37-31(21-11-5-4-6-12-21)22-13-7-9-15-24(22)38-25-16-10-8-14-23(25)31/h4-16,18,26-28H,17,19H2,1-3H3,(H,32,34,35)/t26-,27+,28+,41-/m0/s1. The van der Waals surface area contributed by atoms with Gasteiger partial charge in [0, 0.05) is 0 Å². The van der Waals surface area contributed by atoms with Crippen molar-refractivity contribution in [2.24, 2.45) is 0 Å². The number of hydrogen-bond donors (Lipinski definition) is 1. The Bertz CT molecular complexity index is 1730. The van der Waals surface area contributed by atoms with E-state index < -0.39 is 41.3 Å². The number of aromatic nitrogens is 2. The molecule has 218 valence electrons. The van der Waals surface area contributed by atoms with Gasteiger partial charge in [0.2, 0.25) is 0 Å². The van der Waals surface area contributed by atoms with Gasteiger partial charge in [0.1, 0.15) is 0 Å². The van der Waals surface area contributed by atoms with Crippen LogP contribution in [-0.4, -0.2) is 49.5 Å². The molecule has 4 atom stereocenters. The Hall–Kier alpha value is -3.23. The molecule has 0 aliphatic carbocycles. The molecular weight excluding hydrogens is 622 g/mol. The molecule has 11 heteroatoms. The number of hydrogen-bond acceptors (Lipinski definition) is 7. The van der Waals surface area contributed by atoms with E-state index in [0.29, 0.717) is 17.1 Å². The average molecular weight is 654 g/mol. The van der Waals surface area contributed by atoms with Crippen LogP contribution >= 0.6 is 6.06 Å². The van der Waals surface area contributed by atoms with Crippen LogP contribution in [0.2, 0.25) is 5.82 Å². The van der Waals surface area contributed by atoms with Gasteiger partial charge >= 0.3 is 250 Å². The predicted octanol–water partition coefficient (Wildman–Crippen LogP) is 5.21. The van der Waals surface area contributed by atoms with Crippen LogP contribution < -0.4 is 16.0 Å². The molecule has 1 N–H and O–H groups in total. The Morgan fingerprint density at radius 2 is 1.62 bits per heavy atom. The van der Waals surface area contributed by atoms with E-state index >= 15 is 0 Å². The van der Waals surface area contributed by atoms with E-state index in [1.165, 1.54) is 10.8 Å². The predicted molar refractivity (Wildman–Crippen MR) is 160 cm³/mol. The van der Waals surface area contributed by atoms with Gasteiger partial charge in [0.25, 0.3) is 0 Å². The van der Waals surface area contributed by atoms with Crippen LogP contribution in [0.25, 0.3) is 0 Å². The van der Waals surface area contributed by atoms with E-state index in [-0.39, 0.29) is 27.5 Å². The Morgan fingerprint density at radius 3 is 2.26 bits per heavy atom. The number of rotatable bonds is 8. The molecule has 6 rings (SSSR count). The molecule has 0 bridgehead atoms. The molecule has 42 heavy (non-hydrogen) atoms. The Kier molecular flexibility index (Phi) is 7.87. The van der Waals surface area contributed by atoms with Gasteiger partial charge in [-0.1, -0.05) is 0 Å². The first-order chi connectivity index (χ1) is 20.2. The minimum atomic E-state index is -2.88. The Morgan fingerprint density at radius 1 is 1.00 bits per heavy atom. The fourth-order valence-corrected chi connectivity index (χ4v) is 7.64. The number of nitrogens with one attached hydrogen (secondary N) is 1. The van der Waals surface area contributed by atoms with Crippen LogP contribution in [-0.2, 0) is 24.2 Å². The molecule has 0 saturated carbocycles. The monoisotopic (exact) mass is 654 g/mol. The van der Waals surface area contributed by atoms with Gasteiger partial charge in [-0.05, 0) is 0 Å². The molecule has 2 aliphatic rings. The Balaban J connectivity index is 1.42. The molecule has 0 amide bonds. The molecular formula is C31H31N2O7PSe. The van der Waals surface area contributed by atoms with Gasteiger partial charge in [-0.25, -0.2) is 0 Å². The second-order valence-electron chi connectivity index (χ2n) is 10.4. The van der Waals surface area contributed by atoms with E-state index in [0.717, 1.165) is 16.7 Å². The molecule has 3 heterocycles. The van der Waals surface area contributed by atoms with Crippen molar-refractivity contribution < 1.29 is 23.3 Å². The van der Waals surface area contributed by atoms with Gasteiger partial charge in [-0.3, -0.25) is 0 Å². The molecule has 0 unspecified atom stereocenters. The zero-order chi connectivity index (χ0) is 29.5. The summed E-state index contributed by atoms with van der Waals surface area (Å²) >= 11 is -0.244. The molecule has 0 spiro atoms. The van der Waals surface area contributed by atoms with Crippen molar-refractivity contribution >= 4 is 20.6 Å². The molecule has 1 saturated heterocycles. The quantitative estimate of drug-likeness (QED) is 0.206. The van der Waals surface area contributed by atoms with Crippen LogP contribution in [0, 0.1) is 6.92 Å². The minimum absolute atomic E-state index is 0.0620. The summed E-state index contributed by atoms with van der Waals surface area (Å²) in [5.41, 5.74) is 0.894. The first-order valence-corrected chi connectivity index (χ1v) is 19.6. The van der Waals surface area contributed by atoms with Gasteiger partial charge < -0.3 is 0 Å². The van der Waals surface area contributed by atoms with Crippen molar-refractivity contribution in [2.75, 3.05) is 13.3 Å². The summed E-state index contributed by atoms with van der Waals surface area (Å²) < 4.78 is 40.5. The fourth-order valence-electron chi connectivity index (χ4n) is 5.61. The second kappa shape index (κ2) is 11.5. The molecule has 1 fully saturated rings. The van der Waals surface area contributed by atoms with Gasteiger partial charge in [-0.2, -0.15) is 0 Å². The van der Waals surface area contributed by atoms with Crippen LogP contribution in [0.15, 0.2) is 94.6 Å². The number of aryl methyl sites for hydroxylation is 1. The molecule has 2 aliphatic heterocycles. The van der Waals surface area contributed by atoms with Gasteiger partial charge in [0.05, 0.1) is 0 Å². The molecule has 3 aromatic carbocycles. The molecule has 9 nitrogen and oxygen atoms in total. The third-order valence-electron chi connectivity index (χ3n) is 7.69. The van der Waals surface area contributed by atoms with Crippen LogP contribution in [0.1, 0.15) is 34.9 Å². The maximum absolute atomic E-state index is 13.2. The topological polar surface area (TPSA) is 109 Å². The van der Waals surface area contributed by atoms with Crippen LogP contribution in [0.3, 0.4) is 0 Å². The summed E-state index contributed by atoms with van der Waals surface area (Å²) in [4.78, 5) is 27.1. The first-order valence-electron chi connectivity index (χ1n) is 13.6. The molecule has 0 radical (unpaired) electrons.